The number of aryl methyl sites for hydroxylation is 2. The number of para-hydroxylation sites is 1. The first-order chi connectivity index (χ1) is 14.8. The van der Waals surface area contributed by atoms with Crippen LogP contribution >= 0.6 is 0 Å². The number of benzene rings is 3. The van der Waals surface area contributed by atoms with Crippen LogP contribution in [0.25, 0.3) is 0 Å². The topological polar surface area (TPSA) is 75.7 Å². The second-order valence-electron chi connectivity index (χ2n) is 8.60. The minimum Gasteiger partial charge on any atom is -0.473 e. The Balaban J connectivity index is 1.75. The Bertz CT molecular complexity index is 893. The summed E-state index contributed by atoms with van der Waals surface area (Å²) in [7, 11) is 0. The molecule has 3 rings (SSSR count). The van der Waals surface area contributed by atoms with Crippen LogP contribution in [0.2, 0.25) is 0 Å². The molecule has 0 saturated heterocycles. The zero-order valence-electron chi connectivity index (χ0n) is 18.5. The Morgan fingerprint density at radius 1 is 0.839 bits per heavy atom. The van der Waals surface area contributed by atoms with Crippen LogP contribution < -0.4 is 10.5 Å². The Kier molecular flexibility index (Phi) is 7.50. The van der Waals surface area contributed by atoms with Gasteiger partial charge in [-0.15, -0.1) is 0 Å². The fourth-order valence-corrected chi connectivity index (χ4v) is 3.93. The van der Waals surface area contributed by atoms with Crippen molar-refractivity contribution in [3.8, 4) is 5.75 Å². The first kappa shape index (κ1) is 23.0. The molecule has 0 aliphatic carbocycles. The highest BCUT2D eigenvalue weighted by Crippen LogP contribution is 2.37. The smallest absolute Gasteiger partial charge is 0.173 e. The quantitative estimate of drug-likeness (QED) is 0.440. The van der Waals surface area contributed by atoms with Crippen LogP contribution in [0.1, 0.15) is 42.0 Å². The van der Waals surface area contributed by atoms with Gasteiger partial charge in [0.2, 0.25) is 0 Å². The monoisotopic (exact) mass is 419 g/mol. The van der Waals surface area contributed by atoms with Gasteiger partial charge in [0.25, 0.3) is 0 Å². The summed E-state index contributed by atoms with van der Waals surface area (Å²) in [4.78, 5) is 0. The minimum atomic E-state index is -1.16. The van der Waals surface area contributed by atoms with Gasteiger partial charge in [-0.25, -0.2) is 0 Å². The van der Waals surface area contributed by atoms with Crippen LogP contribution in [0.4, 0.5) is 0 Å². The van der Waals surface area contributed by atoms with Gasteiger partial charge in [0, 0.05) is 0 Å². The second kappa shape index (κ2) is 10.1. The molecular formula is C27H33NO3. The number of hydrogen-bond donors (Lipinski definition) is 3. The molecule has 0 aromatic heterocycles. The highest BCUT2D eigenvalue weighted by atomic mass is 16.5. The van der Waals surface area contributed by atoms with Gasteiger partial charge in [0.05, 0.1) is 0 Å². The van der Waals surface area contributed by atoms with Crippen molar-refractivity contribution >= 4 is 0 Å². The summed E-state index contributed by atoms with van der Waals surface area (Å²) >= 11 is 0. The Morgan fingerprint density at radius 2 is 1.32 bits per heavy atom. The van der Waals surface area contributed by atoms with Crippen LogP contribution in [0.3, 0.4) is 0 Å². The van der Waals surface area contributed by atoms with E-state index in [1.54, 1.807) is 0 Å². The van der Waals surface area contributed by atoms with E-state index >= 15 is 0 Å². The van der Waals surface area contributed by atoms with Gasteiger partial charge in [0.15, 0.2) is 6.23 Å². The number of hydrogen-bond acceptors (Lipinski definition) is 4. The summed E-state index contributed by atoms with van der Waals surface area (Å²) < 4.78 is 5.67. The van der Waals surface area contributed by atoms with E-state index in [2.05, 4.69) is 0 Å². The third-order valence-electron chi connectivity index (χ3n) is 5.74. The van der Waals surface area contributed by atoms with Gasteiger partial charge in [-0.1, -0.05) is 84.8 Å². The zero-order chi connectivity index (χ0) is 22.4. The number of rotatable bonds is 9. The Morgan fingerprint density at radius 3 is 1.81 bits per heavy atom. The summed E-state index contributed by atoms with van der Waals surface area (Å²) in [5.41, 5.74) is 8.88. The molecule has 0 aliphatic heterocycles. The van der Waals surface area contributed by atoms with Crippen LogP contribution in [-0.2, 0) is 5.60 Å². The van der Waals surface area contributed by atoms with Crippen molar-refractivity contribution in [2.45, 2.75) is 51.5 Å². The molecule has 0 saturated carbocycles. The molecule has 3 aromatic rings. The third kappa shape index (κ3) is 5.95. The highest BCUT2D eigenvalue weighted by molar-refractivity contribution is 5.38. The van der Waals surface area contributed by atoms with Crippen molar-refractivity contribution in [1.29, 1.82) is 0 Å². The summed E-state index contributed by atoms with van der Waals surface area (Å²) in [5.74, 6) is 0.616. The standard InChI is InChI=1S/C27H33NO3/c1-19-9-13-22(14-10-19)27(30,23-15-11-20(2)12-16-23)18-21(3)17-25(29)26(28)31-24-7-5-4-6-8-24/h4-16,21,25-26,29-30H,17-18,28H2,1-3H3/t21?,25-,26?/m0/s1. The lowest BCUT2D eigenvalue weighted by Crippen LogP contribution is -2.41. The molecule has 31 heavy (non-hydrogen) atoms. The maximum atomic E-state index is 11.8. The molecule has 0 radical (unpaired) electrons. The van der Waals surface area contributed by atoms with Gasteiger partial charge in [0.1, 0.15) is 17.5 Å². The van der Waals surface area contributed by atoms with Crippen LogP contribution in [0, 0.1) is 19.8 Å². The van der Waals surface area contributed by atoms with Crippen molar-refractivity contribution in [2.75, 3.05) is 0 Å². The van der Waals surface area contributed by atoms with Crippen LogP contribution in [0.5, 0.6) is 5.75 Å². The van der Waals surface area contributed by atoms with Crippen molar-refractivity contribution in [2.24, 2.45) is 11.7 Å². The summed E-state index contributed by atoms with van der Waals surface area (Å²) in [5, 5.41) is 22.5. The fourth-order valence-electron chi connectivity index (χ4n) is 3.93. The van der Waals surface area contributed by atoms with Crippen LogP contribution in [0.15, 0.2) is 78.9 Å². The number of nitrogens with two attached hydrogens (primary N) is 1. The summed E-state index contributed by atoms with van der Waals surface area (Å²) in [6.45, 7) is 6.08. The average Bonchev–Trinajstić information content (AvgIpc) is 2.75. The second-order valence-corrected chi connectivity index (χ2v) is 8.60. The molecule has 0 aliphatic rings. The van der Waals surface area contributed by atoms with E-state index in [9.17, 15) is 10.2 Å². The molecule has 4 heteroatoms. The molecule has 3 aromatic carbocycles. The van der Waals surface area contributed by atoms with Crippen molar-refractivity contribution < 1.29 is 14.9 Å². The Hall–Kier alpha value is -2.66. The molecule has 0 spiro atoms. The van der Waals surface area contributed by atoms with Crippen molar-refractivity contribution in [3.05, 3.63) is 101 Å². The lowest BCUT2D eigenvalue weighted by molar-refractivity contribution is 0.00674. The molecule has 0 bridgehead atoms. The predicted molar refractivity (Wildman–Crippen MR) is 125 cm³/mol. The average molecular weight is 420 g/mol. The highest BCUT2D eigenvalue weighted by Gasteiger charge is 2.34. The zero-order valence-corrected chi connectivity index (χ0v) is 18.5. The van der Waals surface area contributed by atoms with Gasteiger partial charge in [-0.3, -0.25) is 5.73 Å². The summed E-state index contributed by atoms with van der Waals surface area (Å²) in [6, 6.07) is 25.2. The van der Waals surface area contributed by atoms with E-state index in [4.69, 9.17) is 10.5 Å². The van der Waals surface area contributed by atoms with E-state index < -0.39 is 17.9 Å². The maximum Gasteiger partial charge on any atom is 0.173 e. The van der Waals surface area contributed by atoms with E-state index in [1.165, 1.54) is 0 Å². The largest absolute Gasteiger partial charge is 0.473 e. The van der Waals surface area contributed by atoms with Gasteiger partial charge in [-0.2, -0.15) is 0 Å². The van der Waals surface area contributed by atoms with Crippen molar-refractivity contribution in [1.82, 2.24) is 0 Å². The third-order valence-corrected chi connectivity index (χ3v) is 5.74. The lowest BCUT2D eigenvalue weighted by Gasteiger charge is -2.33. The normalized spacial score (nSPS) is 14.6. The number of aliphatic hydroxyl groups excluding tert-OH is 1. The first-order valence-corrected chi connectivity index (χ1v) is 10.8. The van der Waals surface area contributed by atoms with E-state index in [-0.39, 0.29) is 5.92 Å². The maximum absolute atomic E-state index is 11.8. The Labute approximate surface area is 185 Å². The number of aliphatic hydroxyl groups is 2. The molecule has 0 heterocycles. The molecule has 2 unspecified atom stereocenters. The van der Waals surface area contributed by atoms with Gasteiger partial charge in [-0.05, 0) is 55.9 Å². The van der Waals surface area contributed by atoms with Gasteiger partial charge < -0.3 is 14.9 Å². The predicted octanol–water partition coefficient (Wildman–Crippen LogP) is 4.68. The van der Waals surface area contributed by atoms with E-state index in [1.807, 2.05) is 99.6 Å². The molecule has 0 fully saturated rings. The fraction of sp³-hybridized carbons (Fsp3) is 0.333. The number of ether oxygens (including phenoxy) is 1. The molecule has 3 atom stereocenters. The van der Waals surface area contributed by atoms with Crippen LogP contribution in [-0.4, -0.2) is 22.5 Å². The van der Waals surface area contributed by atoms with Gasteiger partial charge >= 0.3 is 0 Å². The van der Waals surface area contributed by atoms with E-state index in [0.717, 1.165) is 22.3 Å². The lowest BCUT2D eigenvalue weighted by atomic mass is 9.78. The molecule has 4 nitrogen and oxygen atoms in total. The molecule has 0 amide bonds. The van der Waals surface area contributed by atoms with Crippen molar-refractivity contribution in [3.63, 3.8) is 0 Å². The molecule has 4 N–H and O–H groups in total. The molecular weight excluding hydrogens is 386 g/mol. The first-order valence-electron chi connectivity index (χ1n) is 10.8. The minimum absolute atomic E-state index is 0.00645. The SMILES string of the molecule is Cc1ccc(C(O)(CC(C)C[C@H](O)C(N)Oc2ccccc2)c2ccc(C)cc2)cc1. The van der Waals surface area contributed by atoms with E-state index in [0.29, 0.717) is 18.6 Å². The summed E-state index contributed by atoms with van der Waals surface area (Å²) in [6.07, 6.45) is -0.824. The molecule has 164 valence electrons.